The number of rotatable bonds is 0. The van der Waals surface area contributed by atoms with Gasteiger partial charge in [-0.3, -0.25) is 4.79 Å². The van der Waals surface area contributed by atoms with Gasteiger partial charge in [-0.2, -0.15) is 0 Å². The molecule has 3 rings (SSSR count). The maximum Gasteiger partial charge on any atom is 0.192 e. The highest BCUT2D eigenvalue weighted by Crippen LogP contribution is 2.10. The number of hydrogen-bond acceptors (Lipinski definition) is 2. The SMILES string of the molecule is O=c1ccoc2ccc(F)cc12.c1ccccc1. The molecule has 0 aliphatic heterocycles. The van der Waals surface area contributed by atoms with Gasteiger partial charge in [-0.1, -0.05) is 36.4 Å². The van der Waals surface area contributed by atoms with Gasteiger partial charge in [-0.15, -0.1) is 0 Å². The van der Waals surface area contributed by atoms with Gasteiger partial charge < -0.3 is 4.42 Å². The molecule has 0 saturated heterocycles. The molecular formula is C15H11FO2. The lowest BCUT2D eigenvalue weighted by Gasteiger charge is -1.93. The third-order valence-corrected chi connectivity index (χ3v) is 2.29. The lowest BCUT2D eigenvalue weighted by molar-refractivity contribution is 0.596. The van der Waals surface area contributed by atoms with E-state index in [2.05, 4.69) is 0 Å². The topological polar surface area (TPSA) is 30.2 Å². The van der Waals surface area contributed by atoms with Crippen LogP contribution in [0.4, 0.5) is 4.39 Å². The Hall–Kier alpha value is -2.42. The van der Waals surface area contributed by atoms with Crippen LogP contribution in [0.2, 0.25) is 0 Å². The molecule has 0 spiro atoms. The molecule has 1 aromatic heterocycles. The van der Waals surface area contributed by atoms with Crippen LogP contribution in [0, 0.1) is 5.82 Å². The summed E-state index contributed by atoms with van der Waals surface area (Å²) < 4.78 is 17.6. The Morgan fingerprint density at radius 1 is 0.889 bits per heavy atom. The average Bonchev–Trinajstić information content (AvgIpc) is 2.43. The van der Waals surface area contributed by atoms with Crippen molar-refractivity contribution in [1.82, 2.24) is 0 Å². The smallest absolute Gasteiger partial charge is 0.192 e. The van der Waals surface area contributed by atoms with Crippen LogP contribution in [0.5, 0.6) is 0 Å². The van der Waals surface area contributed by atoms with Crippen molar-refractivity contribution in [3.63, 3.8) is 0 Å². The maximum atomic E-state index is 12.6. The molecule has 0 aliphatic rings. The van der Waals surface area contributed by atoms with Crippen LogP contribution in [-0.4, -0.2) is 0 Å². The van der Waals surface area contributed by atoms with Crippen molar-refractivity contribution in [3.8, 4) is 0 Å². The zero-order valence-corrected chi connectivity index (χ0v) is 9.55. The molecule has 0 unspecified atom stereocenters. The summed E-state index contributed by atoms with van der Waals surface area (Å²) in [6.07, 6.45) is 1.29. The molecule has 0 amide bonds. The zero-order valence-electron chi connectivity index (χ0n) is 9.55. The molecule has 2 aromatic carbocycles. The van der Waals surface area contributed by atoms with Crippen LogP contribution >= 0.6 is 0 Å². The number of hydrogen-bond donors (Lipinski definition) is 0. The molecule has 0 aliphatic carbocycles. The van der Waals surface area contributed by atoms with Crippen LogP contribution in [0.15, 0.2) is 76.1 Å². The van der Waals surface area contributed by atoms with E-state index in [0.717, 1.165) is 0 Å². The van der Waals surface area contributed by atoms with E-state index < -0.39 is 5.82 Å². The summed E-state index contributed by atoms with van der Waals surface area (Å²) in [6.45, 7) is 0. The molecule has 18 heavy (non-hydrogen) atoms. The molecule has 3 aromatic rings. The lowest BCUT2D eigenvalue weighted by Crippen LogP contribution is -1.97. The Morgan fingerprint density at radius 3 is 2.11 bits per heavy atom. The van der Waals surface area contributed by atoms with Gasteiger partial charge in [0.15, 0.2) is 5.43 Å². The molecule has 90 valence electrons. The summed E-state index contributed by atoms with van der Waals surface area (Å²) in [4.78, 5) is 11.1. The van der Waals surface area contributed by atoms with Crippen molar-refractivity contribution in [1.29, 1.82) is 0 Å². The second kappa shape index (κ2) is 5.77. The standard InChI is InChI=1S/C9H5FO2.C6H6/c10-6-1-2-9-7(5-6)8(11)3-4-12-9;1-2-4-6-5-3-1/h1-5H;1-6H. The van der Waals surface area contributed by atoms with Crippen molar-refractivity contribution >= 4 is 11.0 Å². The van der Waals surface area contributed by atoms with E-state index in [9.17, 15) is 9.18 Å². The second-order valence-corrected chi connectivity index (χ2v) is 3.58. The number of fused-ring (bicyclic) bond motifs is 1. The molecule has 2 nitrogen and oxygen atoms in total. The first-order valence-corrected chi connectivity index (χ1v) is 5.44. The van der Waals surface area contributed by atoms with Gasteiger partial charge in [0.2, 0.25) is 0 Å². The highest BCUT2D eigenvalue weighted by molar-refractivity contribution is 5.75. The number of halogens is 1. The third kappa shape index (κ3) is 3.04. The first-order valence-electron chi connectivity index (χ1n) is 5.44. The normalized spacial score (nSPS) is 9.61. The van der Waals surface area contributed by atoms with Gasteiger partial charge in [0.05, 0.1) is 11.6 Å². The monoisotopic (exact) mass is 242 g/mol. The van der Waals surface area contributed by atoms with E-state index in [1.807, 2.05) is 36.4 Å². The molecule has 0 atom stereocenters. The van der Waals surface area contributed by atoms with Crippen LogP contribution < -0.4 is 5.43 Å². The highest BCUT2D eigenvalue weighted by Gasteiger charge is 1.99. The Bertz CT molecular complexity index is 648. The Morgan fingerprint density at radius 2 is 1.50 bits per heavy atom. The minimum absolute atomic E-state index is 0.226. The fourth-order valence-corrected chi connectivity index (χ4v) is 1.44. The molecule has 0 radical (unpaired) electrons. The summed E-state index contributed by atoms with van der Waals surface area (Å²) in [5.41, 5.74) is 0.180. The zero-order chi connectivity index (χ0) is 12.8. The van der Waals surface area contributed by atoms with E-state index in [0.29, 0.717) is 5.58 Å². The molecule has 3 heteroatoms. The molecule has 0 bridgehead atoms. The van der Waals surface area contributed by atoms with E-state index in [1.165, 1.54) is 30.5 Å². The van der Waals surface area contributed by atoms with E-state index in [1.54, 1.807) is 0 Å². The predicted molar refractivity (Wildman–Crippen MR) is 68.9 cm³/mol. The third-order valence-electron chi connectivity index (χ3n) is 2.29. The lowest BCUT2D eigenvalue weighted by atomic mass is 10.2. The van der Waals surface area contributed by atoms with E-state index in [-0.39, 0.29) is 10.8 Å². The van der Waals surface area contributed by atoms with Crippen molar-refractivity contribution in [2.24, 2.45) is 0 Å². The maximum absolute atomic E-state index is 12.6. The Balaban J connectivity index is 0.000000169. The Labute approximate surface area is 103 Å². The number of benzene rings is 2. The fourth-order valence-electron chi connectivity index (χ4n) is 1.44. The van der Waals surface area contributed by atoms with Gasteiger partial charge in [0.25, 0.3) is 0 Å². The minimum Gasteiger partial charge on any atom is -0.464 e. The summed E-state index contributed by atoms with van der Waals surface area (Å²) in [6, 6.07) is 17.1. The average molecular weight is 242 g/mol. The van der Waals surface area contributed by atoms with Gasteiger partial charge in [-0.05, 0) is 18.2 Å². The molecule has 0 fully saturated rings. The fraction of sp³-hybridized carbons (Fsp3) is 0. The van der Waals surface area contributed by atoms with Crippen molar-refractivity contribution in [2.45, 2.75) is 0 Å². The van der Waals surface area contributed by atoms with Gasteiger partial charge in [-0.25, -0.2) is 4.39 Å². The first-order chi connectivity index (χ1) is 8.77. The predicted octanol–water partition coefficient (Wildman–Crippen LogP) is 3.62. The molecular weight excluding hydrogens is 231 g/mol. The first kappa shape index (κ1) is 12.0. The second-order valence-electron chi connectivity index (χ2n) is 3.58. The summed E-state index contributed by atoms with van der Waals surface area (Å²) in [5, 5.41) is 0.275. The van der Waals surface area contributed by atoms with Crippen molar-refractivity contribution in [2.75, 3.05) is 0 Å². The summed E-state index contributed by atoms with van der Waals surface area (Å²) in [7, 11) is 0. The van der Waals surface area contributed by atoms with Gasteiger partial charge >= 0.3 is 0 Å². The van der Waals surface area contributed by atoms with Crippen LogP contribution in [0.3, 0.4) is 0 Å². The van der Waals surface area contributed by atoms with Crippen LogP contribution in [0.1, 0.15) is 0 Å². The highest BCUT2D eigenvalue weighted by atomic mass is 19.1. The van der Waals surface area contributed by atoms with Gasteiger partial charge in [0, 0.05) is 6.07 Å². The minimum atomic E-state index is -0.430. The quantitative estimate of drug-likeness (QED) is 0.602. The summed E-state index contributed by atoms with van der Waals surface area (Å²) >= 11 is 0. The Kier molecular flexibility index (Phi) is 3.86. The molecule has 0 N–H and O–H groups in total. The molecule has 0 saturated carbocycles. The van der Waals surface area contributed by atoms with Crippen LogP contribution in [0.25, 0.3) is 11.0 Å². The van der Waals surface area contributed by atoms with E-state index in [4.69, 9.17) is 4.42 Å². The largest absolute Gasteiger partial charge is 0.464 e. The van der Waals surface area contributed by atoms with E-state index >= 15 is 0 Å². The van der Waals surface area contributed by atoms with Gasteiger partial charge in [0.1, 0.15) is 11.4 Å². The molecule has 1 heterocycles. The van der Waals surface area contributed by atoms with Crippen molar-refractivity contribution in [3.05, 3.63) is 83.0 Å². The summed E-state index contributed by atoms with van der Waals surface area (Å²) in [5.74, 6) is -0.430. The van der Waals surface area contributed by atoms with Crippen LogP contribution in [-0.2, 0) is 0 Å². The van der Waals surface area contributed by atoms with Crippen molar-refractivity contribution < 1.29 is 8.81 Å².